The topological polar surface area (TPSA) is 139 Å². The van der Waals surface area contributed by atoms with Crippen LogP contribution in [0.1, 0.15) is 44.9 Å². The molecule has 0 atom stereocenters. The molecule has 14 heteroatoms. The van der Waals surface area contributed by atoms with E-state index in [9.17, 15) is 14.9 Å². The van der Waals surface area contributed by atoms with Crippen LogP contribution < -0.4 is 15.2 Å². The van der Waals surface area contributed by atoms with Gasteiger partial charge in [0, 0.05) is 31.1 Å². The van der Waals surface area contributed by atoms with Gasteiger partial charge in [-0.05, 0) is 39.7 Å². The molecular weight excluding hydrogens is 588 g/mol. The molecule has 0 bridgehead atoms. The van der Waals surface area contributed by atoms with Crippen LogP contribution in [-0.2, 0) is 17.7 Å². The van der Waals surface area contributed by atoms with E-state index in [2.05, 4.69) is 26.3 Å². The number of hydrogen-bond donors (Lipinski definition) is 1. The van der Waals surface area contributed by atoms with Gasteiger partial charge in [-0.1, -0.05) is 11.6 Å². The van der Waals surface area contributed by atoms with Crippen LogP contribution in [0.2, 0.25) is 5.02 Å². The van der Waals surface area contributed by atoms with Crippen molar-refractivity contribution < 1.29 is 18.7 Å². The predicted octanol–water partition coefficient (Wildman–Crippen LogP) is 5.70. The van der Waals surface area contributed by atoms with Gasteiger partial charge in [0.05, 0.1) is 51.2 Å². The van der Waals surface area contributed by atoms with Gasteiger partial charge in [-0.25, -0.2) is 19.3 Å². The maximum Gasteiger partial charge on any atom is 0.415 e. The van der Waals surface area contributed by atoms with Crippen LogP contribution in [0.25, 0.3) is 33.3 Å². The zero-order valence-corrected chi connectivity index (χ0v) is 24.9. The Morgan fingerprint density at radius 2 is 2.05 bits per heavy atom. The number of aromatic amines is 1. The number of alkyl halides is 1. The number of benzene rings is 1. The standard InChI is InChI=1S/C28H26Cl2FN7O4/c1-28(2,3)42-27(40)37(4)25-22-14(19(10-29)35-36-26(22)39)8-18(34-25)16-12-33-38(5)24(16)21-15(11-32)20(41-13-6-7-13)9-17(30)23(21)31/h8-9,12-13H,6-7,10H2,1-5H3,(H,36,39). The van der Waals surface area contributed by atoms with Gasteiger partial charge in [0.25, 0.3) is 5.56 Å². The summed E-state index contributed by atoms with van der Waals surface area (Å²) in [6.07, 6.45) is 2.22. The van der Waals surface area contributed by atoms with Crippen molar-refractivity contribution >= 4 is 45.9 Å². The van der Waals surface area contributed by atoms with E-state index in [-0.39, 0.29) is 62.0 Å². The summed E-state index contributed by atoms with van der Waals surface area (Å²) in [6, 6.07) is 4.90. The van der Waals surface area contributed by atoms with Gasteiger partial charge in [0.2, 0.25) is 0 Å². The number of aryl methyl sites for hydroxylation is 1. The van der Waals surface area contributed by atoms with E-state index >= 15 is 4.39 Å². The molecular formula is C28H26Cl2FN7O4. The lowest BCUT2D eigenvalue weighted by atomic mass is 9.98. The van der Waals surface area contributed by atoms with Crippen LogP contribution in [0, 0.1) is 17.1 Å². The molecule has 0 aliphatic heterocycles. The summed E-state index contributed by atoms with van der Waals surface area (Å²) in [5, 5.41) is 21.0. The molecule has 0 saturated heterocycles. The van der Waals surface area contributed by atoms with Crippen molar-refractivity contribution in [1.82, 2.24) is 25.0 Å². The lowest BCUT2D eigenvalue weighted by Crippen LogP contribution is -2.35. The van der Waals surface area contributed by atoms with Gasteiger partial charge >= 0.3 is 6.09 Å². The van der Waals surface area contributed by atoms with Crippen LogP contribution in [0.3, 0.4) is 0 Å². The molecule has 1 aliphatic carbocycles. The first-order chi connectivity index (χ1) is 19.8. The Bertz CT molecular complexity index is 1840. The Morgan fingerprint density at radius 3 is 2.67 bits per heavy atom. The second-order valence-electron chi connectivity index (χ2n) is 10.8. The van der Waals surface area contributed by atoms with Gasteiger partial charge in [-0.3, -0.25) is 14.4 Å². The maximum atomic E-state index is 15.8. The minimum Gasteiger partial charge on any atom is -0.489 e. The Hall–Kier alpha value is -4.21. The number of nitrogens with one attached hydrogen (secondary N) is 1. The molecule has 11 nitrogen and oxygen atoms in total. The Morgan fingerprint density at radius 1 is 1.33 bits per heavy atom. The smallest absolute Gasteiger partial charge is 0.415 e. The highest BCUT2D eigenvalue weighted by Gasteiger charge is 2.31. The van der Waals surface area contributed by atoms with E-state index in [0.29, 0.717) is 11.1 Å². The number of nitriles is 1. The van der Waals surface area contributed by atoms with Crippen molar-refractivity contribution in [3.63, 3.8) is 0 Å². The molecule has 3 heterocycles. The third-order valence-corrected chi connectivity index (χ3v) is 7.04. The summed E-state index contributed by atoms with van der Waals surface area (Å²) in [6.45, 7) is 5.12. The minimum atomic E-state index is -0.840. The quantitative estimate of drug-likeness (QED) is 0.273. The predicted molar refractivity (Wildman–Crippen MR) is 155 cm³/mol. The molecule has 1 fully saturated rings. The molecule has 1 saturated carbocycles. The van der Waals surface area contributed by atoms with E-state index in [0.717, 1.165) is 17.7 Å². The third kappa shape index (κ3) is 5.37. The highest BCUT2D eigenvalue weighted by Crippen LogP contribution is 2.43. The fourth-order valence-corrected chi connectivity index (χ4v) is 4.83. The van der Waals surface area contributed by atoms with E-state index in [1.165, 1.54) is 24.0 Å². The van der Waals surface area contributed by atoms with Crippen molar-refractivity contribution in [2.75, 3.05) is 11.9 Å². The van der Waals surface area contributed by atoms with Gasteiger partial charge < -0.3 is 9.47 Å². The number of aromatic nitrogens is 5. The average molecular weight is 614 g/mol. The lowest BCUT2D eigenvalue weighted by Gasteiger charge is -2.25. The maximum absolute atomic E-state index is 15.8. The van der Waals surface area contributed by atoms with E-state index in [1.807, 2.05) is 0 Å². The zero-order chi connectivity index (χ0) is 30.5. The number of pyridine rings is 1. The molecule has 1 N–H and O–H groups in total. The molecule has 1 amide bonds. The number of nitrogens with zero attached hydrogens (tertiary/aromatic N) is 6. The van der Waals surface area contributed by atoms with Crippen LogP contribution in [0.15, 0.2) is 23.1 Å². The SMILES string of the molecule is CN(C(=O)OC(C)(C)C)c1nc(-c2cnn(C)c2-c2c(F)c(Cl)cc(OC3CC3)c2C#N)cc2c(CCl)n[nH]c(=O)c12. The minimum absolute atomic E-state index is 0.0496. The summed E-state index contributed by atoms with van der Waals surface area (Å²) in [5.41, 5.74) is -0.647. The van der Waals surface area contributed by atoms with Crippen molar-refractivity contribution in [3.8, 4) is 34.3 Å². The van der Waals surface area contributed by atoms with Gasteiger partial charge in [0.1, 0.15) is 23.0 Å². The second kappa shape index (κ2) is 10.9. The van der Waals surface area contributed by atoms with Crippen LogP contribution in [-0.4, -0.2) is 49.8 Å². The van der Waals surface area contributed by atoms with Crippen molar-refractivity contribution in [3.05, 3.63) is 50.8 Å². The fraction of sp³-hybridized carbons (Fsp3) is 0.357. The first-order valence-electron chi connectivity index (χ1n) is 12.9. The van der Waals surface area contributed by atoms with Crippen LogP contribution >= 0.6 is 23.2 Å². The van der Waals surface area contributed by atoms with Gasteiger partial charge in [0.15, 0.2) is 11.6 Å². The first kappa shape index (κ1) is 29.3. The molecule has 0 radical (unpaired) electrons. The monoisotopic (exact) mass is 613 g/mol. The summed E-state index contributed by atoms with van der Waals surface area (Å²) < 4.78 is 28.6. The number of rotatable bonds is 6. The van der Waals surface area contributed by atoms with Crippen molar-refractivity contribution in [2.45, 2.75) is 51.2 Å². The van der Waals surface area contributed by atoms with E-state index in [4.69, 9.17) is 32.7 Å². The number of anilines is 1. The zero-order valence-electron chi connectivity index (χ0n) is 23.4. The van der Waals surface area contributed by atoms with Crippen LogP contribution in [0.4, 0.5) is 15.0 Å². The van der Waals surface area contributed by atoms with Gasteiger partial charge in [-0.2, -0.15) is 15.5 Å². The Balaban J connectivity index is 1.79. The van der Waals surface area contributed by atoms with Crippen molar-refractivity contribution in [1.29, 1.82) is 5.26 Å². The number of fused-ring (bicyclic) bond motifs is 1. The summed E-state index contributed by atoms with van der Waals surface area (Å²) in [5.74, 6) is -0.806. The Kier molecular flexibility index (Phi) is 7.59. The van der Waals surface area contributed by atoms with E-state index < -0.39 is 23.1 Å². The summed E-state index contributed by atoms with van der Waals surface area (Å²) in [4.78, 5) is 31.8. The highest BCUT2D eigenvalue weighted by molar-refractivity contribution is 6.31. The summed E-state index contributed by atoms with van der Waals surface area (Å²) in [7, 11) is 2.99. The molecule has 1 aromatic carbocycles. The fourth-order valence-electron chi connectivity index (χ4n) is 4.43. The molecule has 218 valence electrons. The average Bonchev–Trinajstić information content (AvgIpc) is 3.67. The first-order valence-corrected chi connectivity index (χ1v) is 13.8. The van der Waals surface area contributed by atoms with Crippen molar-refractivity contribution in [2.24, 2.45) is 7.05 Å². The number of H-pyrrole nitrogens is 1. The Labute approximate surface area is 249 Å². The second-order valence-corrected chi connectivity index (χ2v) is 11.5. The number of amides is 1. The van der Waals surface area contributed by atoms with Gasteiger partial charge in [-0.15, -0.1) is 11.6 Å². The summed E-state index contributed by atoms with van der Waals surface area (Å²) >= 11 is 12.5. The molecule has 5 rings (SSSR count). The molecule has 4 aromatic rings. The molecule has 3 aromatic heterocycles. The number of carbonyl (C=O) groups is 1. The number of ether oxygens (including phenoxy) is 2. The molecule has 1 aliphatic rings. The number of halogens is 3. The lowest BCUT2D eigenvalue weighted by molar-refractivity contribution is 0.0588. The molecule has 0 spiro atoms. The normalized spacial score (nSPS) is 13.2. The third-order valence-electron chi connectivity index (χ3n) is 6.51. The largest absolute Gasteiger partial charge is 0.489 e. The number of carbonyl (C=O) groups excluding carboxylic acids is 1. The highest BCUT2D eigenvalue weighted by atomic mass is 35.5. The molecule has 42 heavy (non-hydrogen) atoms. The van der Waals surface area contributed by atoms with E-state index in [1.54, 1.807) is 33.9 Å². The number of hydrogen-bond acceptors (Lipinski definition) is 8. The molecule has 0 unspecified atom stereocenters. The van der Waals surface area contributed by atoms with Crippen LogP contribution in [0.5, 0.6) is 5.75 Å².